The average Bonchev–Trinajstić information content (AvgIpc) is 1.96. The fourth-order valence-corrected chi connectivity index (χ4v) is 1.20. The van der Waals surface area contributed by atoms with Crippen molar-refractivity contribution in [1.29, 1.82) is 0 Å². The number of rotatable bonds is 2. The highest BCUT2D eigenvalue weighted by molar-refractivity contribution is 9.11. The zero-order valence-electron chi connectivity index (χ0n) is 5.60. The summed E-state index contributed by atoms with van der Waals surface area (Å²) in [6.07, 6.45) is 1.47. The zero-order valence-corrected chi connectivity index (χ0v) is 8.77. The molecule has 0 saturated heterocycles. The molecule has 0 saturated carbocycles. The molecule has 0 aliphatic rings. The monoisotopic (exact) mass is 301 g/mol. The van der Waals surface area contributed by atoms with Gasteiger partial charge in [0.05, 0.1) is 0 Å². The van der Waals surface area contributed by atoms with Crippen LogP contribution in [0.5, 0.6) is 5.75 Å². The van der Waals surface area contributed by atoms with Crippen LogP contribution in [0.15, 0.2) is 21.3 Å². The van der Waals surface area contributed by atoms with Gasteiger partial charge in [-0.05, 0) is 37.9 Å². The van der Waals surface area contributed by atoms with Crippen molar-refractivity contribution in [2.75, 3.05) is 0 Å². The van der Waals surface area contributed by atoms with Gasteiger partial charge < -0.3 is 4.74 Å². The Labute approximate surface area is 84.2 Å². The second-order valence-corrected chi connectivity index (χ2v) is 3.49. The Morgan fingerprint density at radius 1 is 1.42 bits per heavy atom. The van der Waals surface area contributed by atoms with Crippen molar-refractivity contribution in [2.24, 2.45) is 0 Å². The van der Waals surface area contributed by atoms with Crippen LogP contribution in [-0.4, -0.2) is 11.6 Å². The van der Waals surface area contributed by atoms with Crippen molar-refractivity contribution in [3.05, 3.63) is 21.3 Å². The number of alkyl halides is 2. The molecule has 2 nitrogen and oxygen atoms in total. The van der Waals surface area contributed by atoms with Crippen molar-refractivity contribution in [1.82, 2.24) is 4.98 Å². The summed E-state index contributed by atoms with van der Waals surface area (Å²) in [5.74, 6) is 0.0133. The number of halogens is 4. The molecular formula is C6H3Br2F2NO. The summed E-state index contributed by atoms with van der Waals surface area (Å²) in [6.45, 7) is -2.84. The minimum Gasteiger partial charge on any atom is -0.432 e. The number of ether oxygens (including phenoxy) is 1. The summed E-state index contributed by atoms with van der Waals surface area (Å²) in [7, 11) is 0. The summed E-state index contributed by atoms with van der Waals surface area (Å²) in [5.41, 5.74) is 0. The first-order valence-electron chi connectivity index (χ1n) is 2.85. The quantitative estimate of drug-likeness (QED) is 0.783. The highest BCUT2D eigenvalue weighted by atomic mass is 79.9. The average molecular weight is 303 g/mol. The minimum absolute atomic E-state index is 0.0133. The van der Waals surface area contributed by atoms with E-state index in [2.05, 4.69) is 41.6 Å². The molecule has 1 aromatic rings. The van der Waals surface area contributed by atoms with Crippen LogP contribution in [0.25, 0.3) is 0 Å². The predicted molar refractivity (Wildman–Crippen MR) is 46.3 cm³/mol. The Balaban J connectivity index is 2.90. The van der Waals surface area contributed by atoms with E-state index in [1.165, 1.54) is 12.3 Å². The fraction of sp³-hybridized carbons (Fsp3) is 0.167. The molecule has 0 fully saturated rings. The van der Waals surface area contributed by atoms with Gasteiger partial charge in [0, 0.05) is 10.7 Å². The van der Waals surface area contributed by atoms with E-state index < -0.39 is 6.61 Å². The molecule has 0 spiro atoms. The van der Waals surface area contributed by atoms with Gasteiger partial charge >= 0.3 is 6.61 Å². The minimum atomic E-state index is -2.84. The predicted octanol–water partition coefficient (Wildman–Crippen LogP) is 3.21. The smallest absolute Gasteiger partial charge is 0.387 e. The van der Waals surface area contributed by atoms with Crippen LogP contribution < -0.4 is 4.74 Å². The van der Waals surface area contributed by atoms with Crippen molar-refractivity contribution >= 4 is 31.9 Å². The second kappa shape index (κ2) is 4.13. The van der Waals surface area contributed by atoms with Crippen LogP contribution in [0.2, 0.25) is 0 Å². The molecule has 1 aromatic heterocycles. The van der Waals surface area contributed by atoms with E-state index in [1.54, 1.807) is 0 Å². The fourth-order valence-electron chi connectivity index (χ4n) is 0.583. The van der Waals surface area contributed by atoms with Gasteiger partial charge in [0.2, 0.25) is 0 Å². The van der Waals surface area contributed by atoms with E-state index in [0.717, 1.165) is 0 Å². The largest absolute Gasteiger partial charge is 0.432 e. The van der Waals surface area contributed by atoms with Crippen molar-refractivity contribution in [2.45, 2.75) is 6.61 Å². The molecule has 0 atom stereocenters. The van der Waals surface area contributed by atoms with Crippen LogP contribution in [0.1, 0.15) is 0 Å². The Kier molecular flexibility index (Phi) is 3.39. The molecule has 0 aliphatic carbocycles. The van der Waals surface area contributed by atoms with E-state index in [4.69, 9.17) is 0 Å². The zero-order chi connectivity index (χ0) is 9.14. The first kappa shape index (κ1) is 9.85. The van der Waals surface area contributed by atoms with Gasteiger partial charge in [-0.1, -0.05) is 0 Å². The third-order valence-electron chi connectivity index (χ3n) is 0.990. The first-order valence-corrected chi connectivity index (χ1v) is 4.44. The van der Waals surface area contributed by atoms with E-state index in [9.17, 15) is 8.78 Å². The number of hydrogen-bond donors (Lipinski definition) is 0. The van der Waals surface area contributed by atoms with Gasteiger partial charge in [-0.25, -0.2) is 4.98 Å². The lowest BCUT2D eigenvalue weighted by molar-refractivity contribution is -0.0506. The number of pyridine rings is 1. The Hall–Kier alpha value is -0.230. The van der Waals surface area contributed by atoms with Gasteiger partial charge in [0.25, 0.3) is 0 Å². The molecule has 0 radical (unpaired) electrons. The van der Waals surface area contributed by atoms with Gasteiger partial charge in [0.15, 0.2) is 5.75 Å². The highest BCUT2D eigenvalue weighted by Gasteiger charge is 2.08. The van der Waals surface area contributed by atoms with Gasteiger partial charge in [-0.15, -0.1) is 0 Å². The molecule has 0 amide bonds. The standard InChI is InChI=1S/C6H3Br2F2NO/c7-3-1-4(12-6(9)10)5(8)11-2-3/h1-2,6H. The molecule has 66 valence electrons. The number of nitrogens with zero attached hydrogens (tertiary/aromatic N) is 1. The van der Waals surface area contributed by atoms with E-state index >= 15 is 0 Å². The molecule has 1 rings (SSSR count). The second-order valence-electron chi connectivity index (χ2n) is 1.82. The highest BCUT2D eigenvalue weighted by Crippen LogP contribution is 2.26. The number of hydrogen-bond acceptors (Lipinski definition) is 2. The third kappa shape index (κ3) is 2.67. The van der Waals surface area contributed by atoms with Crippen LogP contribution in [0.3, 0.4) is 0 Å². The Morgan fingerprint density at radius 3 is 2.67 bits per heavy atom. The third-order valence-corrected chi connectivity index (χ3v) is 2.02. The maximum absolute atomic E-state index is 11.7. The summed E-state index contributed by atoms with van der Waals surface area (Å²) in [5, 5.41) is 0. The lowest BCUT2D eigenvalue weighted by atomic mass is 10.5. The van der Waals surface area contributed by atoms with Gasteiger partial charge in [0.1, 0.15) is 4.60 Å². The Bertz CT molecular complexity index is 282. The van der Waals surface area contributed by atoms with E-state index in [1.807, 2.05) is 0 Å². The summed E-state index contributed by atoms with van der Waals surface area (Å²) < 4.78 is 28.5. The molecule has 12 heavy (non-hydrogen) atoms. The van der Waals surface area contributed by atoms with Crippen LogP contribution in [0.4, 0.5) is 8.78 Å². The molecular weight excluding hydrogens is 300 g/mol. The maximum atomic E-state index is 11.7. The number of aromatic nitrogens is 1. The molecule has 0 aromatic carbocycles. The van der Waals surface area contributed by atoms with Gasteiger partial charge in [-0.2, -0.15) is 8.78 Å². The first-order chi connectivity index (χ1) is 5.59. The molecule has 0 unspecified atom stereocenters. The summed E-state index contributed by atoms with van der Waals surface area (Å²) in [4.78, 5) is 3.74. The van der Waals surface area contributed by atoms with Crippen molar-refractivity contribution < 1.29 is 13.5 Å². The van der Waals surface area contributed by atoms with Crippen LogP contribution in [0, 0.1) is 0 Å². The van der Waals surface area contributed by atoms with Crippen LogP contribution in [-0.2, 0) is 0 Å². The molecule has 0 aliphatic heterocycles. The maximum Gasteiger partial charge on any atom is 0.387 e. The van der Waals surface area contributed by atoms with E-state index in [0.29, 0.717) is 4.47 Å². The molecule has 6 heteroatoms. The van der Waals surface area contributed by atoms with Gasteiger partial charge in [-0.3, -0.25) is 0 Å². The summed E-state index contributed by atoms with van der Waals surface area (Å²) in [6, 6.07) is 1.41. The van der Waals surface area contributed by atoms with Crippen LogP contribution >= 0.6 is 31.9 Å². The van der Waals surface area contributed by atoms with Crippen molar-refractivity contribution in [3.8, 4) is 5.75 Å². The molecule has 0 bridgehead atoms. The van der Waals surface area contributed by atoms with Crippen molar-refractivity contribution in [3.63, 3.8) is 0 Å². The molecule has 0 N–H and O–H groups in total. The van der Waals surface area contributed by atoms with E-state index in [-0.39, 0.29) is 10.4 Å². The molecule has 1 heterocycles. The SMILES string of the molecule is FC(F)Oc1cc(Br)cnc1Br. The Morgan fingerprint density at radius 2 is 2.08 bits per heavy atom. The topological polar surface area (TPSA) is 22.1 Å². The summed E-state index contributed by atoms with van der Waals surface area (Å²) >= 11 is 6.05. The lowest BCUT2D eigenvalue weighted by Crippen LogP contribution is -2.02. The normalized spacial score (nSPS) is 10.4. The lowest BCUT2D eigenvalue weighted by Gasteiger charge is -2.05.